The van der Waals surface area contributed by atoms with Crippen LogP contribution in [0.4, 0.5) is 5.13 Å². The second-order valence-electron chi connectivity index (χ2n) is 3.23. The molecule has 1 rings (SSSR count). The highest BCUT2D eigenvalue weighted by Crippen LogP contribution is 2.16. The molecule has 0 bridgehead atoms. The molecule has 0 spiro atoms. The molecule has 0 radical (unpaired) electrons. The van der Waals surface area contributed by atoms with E-state index in [1.165, 1.54) is 6.42 Å². The zero-order chi connectivity index (χ0) is 11.8. The van der Waals surface area contributed by atoms with Crippen LogP contribution in [-0.2, 0) is 6.42 Å². The van der Waals surface area contributed by atoms with Crippen molar-refractivity contribution in [2.75, 3.05) is 11.9 Å². The summed E-state index contributed by atoms with van der Waals surface area (Å²) in [5.74, 6) is 0. The first-order valence-corrected chi connectivity index (χ1v) is 6.47. The van der Waals surface area contributed by atoms with Crippen molar-refractivity contribution in [1.29, 1.82) is 0 Å². The van der Waals surface area contributed by atoms with Crippen molar-refractivity contribution in [3.63, 3.8) is 0 Å². The summed E-state index contributed by atoms with van der Waals surface area (Å²) in [6.45, 7) is 6.41. The van der Waals surface area contributed by atoms with Gasteiger partial charge in [-0.25, -0.2) is 0 Å². The van der Waals surface area contributed by atoms with E-state index in [-0.39, 0.29) is 0 Å². The summed E-state index contributed by atoms with van der Waals surface area (Å²) in [4.78, 5) is 0. The zero-order valence-corrected chi connectivity index (χ0v) is 11.0. The first-order chi connectivity index (χ1) is 7.76. The lowest BCUT2D eigenvalue weighted by molar-refractivity contribution is 0.780. The van der Waals surface area contributed by atoms with Gasteiger partial charge in [0.15, 0.2) is 5.11 Å². The molecular formula is C10H16N4S2. The summed E-state index contributed by atoms with van der Waals surface area (Å²) in [6.07, 6.45) is 5.05. The number of aromatic nitrogens is 2. The Morgan fingerprint density at radius 2 is 2.38 bits per heavy atom. The SMILES string of the molecule is C=CCNC(=S)Nc1nnc(CCCC)s1. The minimum absolute atomic E-state index is 0.554. The topological polar surface area (TPSA) is 49.8 Å². The third-order valence-corrected chi connectivity index (χ3v) is 2.98. The standard InChI is InChI=1S/C10H16N4S2/c1-3-5-6-8-13-14-10(16-8)12-9(15)11-7-4-2/h4H,2-3,5-7H2,1H3,(H2,11,12,14,15). The summed E-state index contributed by atoms with van der Waals surface area (Å²) in [7, 11) is 0. The van der Waals surface area contributed by atoms with Gasteiger partial charge in [-0.3, -0.25) is 0 Å². The monoisotopic (exact) mass is 256 g/mol. The van der Waals surface area contributed by atoms with Crippen LogP contribution in [-0.4, -0.2) is 21.9 Å². The Morgan fingerprint density at radius 1 is 1.56 bits per heavy atom. The molecule has 88 valence electrons. The molecule has 2 N–H and O–H groups in total. The minimum atomic E-state index is 0.554. The highest BCUT2D eigenvalue weighted by Gasteiger charge is 2.04. The summed E-state index contributed by atoms with van der Waals surface area (Å²) < 4.78 is 0. The number of anilines is 1. The van der Waals surface area contributed by atoms with Crippen LogP contribution in [0.5, 0.6) is 0 Å². The molecule has 0 saturated carbocycles. The smallest absolute Gasteiger partial charge is 0.211 e. The molecule has 1 aromatic heterocycles. The number of thiocarbonyl (C=S) groups is 1. The second kappa shape index (κ2) is 7.29. The number of hydrogen-bond donors (Lipinski definition) is 2. The van der Waals surface area contributed by atoms with Gasteiger partial charge in [0.05, 0.1) is 0 Å². The first kappa shape index (κ1) is 13.1. The maximum absolute atomic E-state index is 5.07. The second-order valence-corrected chi connectivity index (χ2v) is 4.70. The molecule has 0 unspecified atom stereocenters. The van der Waals surface area contributed by atoms with Crippen LogP contribution >= 0.6 is 23.6 Å². The van der Waals surface area contributed by atoms with E-state index in [0.717, 1.165) is 23.0 Å². The third kappa shape index (κ3) is 4.67. The van der Waals surface area contributed by atoms with Crippen molar-refractivity contribution in [1.82, 2.24) is 15.5 Å². The molecule has 0 aliphatic rings. The van der Waals surface area contributed by atoms with E-state index in [1.807, 2.05) is 0 Å². The van der Waals surface area contributed by atoms with Crippen molar-refractivity contribution in [2.45, 2.75) is 26.2 Å². The molecule has 4 nitrogen and oxygen atoms in total. The number of hydrogen-bond acceptors (Lipinski definition) is 4. The van der Waals surface area contributed by atoms with Crippen molar-refractivity contribution in [2.24, 2.45) is 0 Å². The maximum Gasteiger partial charge on any atom is 0.211 e. The molecule has 0 aliphatic heterocycles. The van der Waals surface area contributed by atoms with Crippen LogP contribution in [0.15, 0.2) is 12.7 Å². The fraction of sp³-hybridized carbons (Fsp3) is 0.500. The van der Waals surface area contributed by atoms with Gasteiger partial charge in [0.1, 0.15) is 5.01 Å². The van der Waals surface area contributed by atoms with E-state index >= 15 is 0 Å². The highest BCUT2D eigenvalue weighted by molar-refractivity contribution is 7.80. The number of nitrogens with one attached hydrogen (secondary N) is 2. The van der Waals surface area contributed by atoms with Gasteiger partial charge in [-0.1, -0.05) is 30.8 Å². The van der Waals surface area contributed by atoms with Crippen LogP contribution in [0, 0.1) is 0 Å². The summed E-state index contributed by atoms with van der Waals surface area (Å²) in [6, 6.07) is 0. The first-order valence-electron chi connectivity index (χ1n) is 5.24. The molecule has 0 aromatic carbocycles. The largest absolute Gasteiger partial charge is 0.359 e. The van der Waals surface area contributed by atoms with Crippen molar-refractivity contribution < 1.29 is 0 Å². The van der Waals surface area contributed by atoms with E-state index in [4.69, 9.17) is 12.2 Å². The summed E-state index contributed by atoms with van der Waals surface area (Å²) in [5.41, 5.74) is 0. The Bertz CT molecular complexity index is 348. The molecule has 1 heterocycles. The van der Waals surface area contributed by atoms with Gasteiger partial charge >= 0.3 is 0 Å². The predicted molar refractivity (Wildman–Crippen MR) is 72.9 cm³/mol. The number of aryl methyl sites for hydroxylation is 1. The van der Waals surface area contributed by atoms with Gasteiger partial charge in [0, 0.05) is 13.0 Å². The lowest BCUT2D eigenvalue weighted by Crippen LogP contribution is -2.28. The molecule has 0 saturated heterocycles. The molecule has 0 amide bonds. The lowest BCUT2D eigenvalue weighted by Gasteiger charge is -2.04. The zero-order valence-electron chi connectivity index (χ0n) is 9.32. The van der Waals surface area contributed by atoms with E-state index in [0.29, 0.717) is 11.7 Å². The minimum Gasteiger partial charge on any atom is -0.359 e. The van der Waals surface area contributed by atoms with Gasteiger partial charge in [-0.05, 0) is 18.6 Å². The van der Waals surface area contributed by atoms with Crippen LogP contribution in [0.25, 0.3) is 0 Å². The molecule has 1 aromatic rings. The molecular weight excluding hydrogens is 240 g/mol. The fourth-order valence-electron chi connectivity index (χ4n) is 1.04. The van der Waals surface area contributed by atoms with E-state index in [1.54, 1.807) is 17.4 Å². The Balaban J connectivity index is 2.39. The van der Waals surface area contributed by atoms with Gasteiger partial charge < -0.3 is 10.6 Å². The normalized spacial score (nSPS) is 9.81. The Hall–Kier alpha value is -1.01. The van der Waals surface area contributed by atoms with Crippen LogP contribution < -0.4 is 10.6 Å². The Kier molecular flexibility index (Phi) is 5.95. The fourth-order valence-corrected chi connectivity index (χ4v) is 2.07. The average Bonchev–Trinajstić information content (AvgIpc) is 2.71. The third-order valence-electron chi connectivity index (χ3n) is 1.84. The lowest BCUT2D eigenvalue weighted by atomic mass is 10.3. The molecule has 0 atom stereocenters. The maximum atomic E-state index is 5.07. The van der Waals surface area contributed by atoms with Crippen LogP contribution in [0.2, 0.25) is 0 Å². The quantitative estimate of drug-likeness (QED) is 0.604. The van der Waals surface area contributed by atoms with Crippen molar-refractivity contribution >= 4 is 33.8 Å². The molecule has 0 aliphatic carbocycles. The van der Waals surface area contributed by atoms with Crippen LogP contribution in [0.1, 0.15) is 24.8 Å². The Labute approximate surface area is 105 Å². The van der Waals surface area contributed by atoms with E-state index in [9.17, 15) is 0 Å². The van der Waals surface area contributed by atoms with Gasteiger partial charge in [-0.15, -0.1) is 16.8 Å². The highest BCUT2D eigenvalue weighted by atomic mass is 32.1. The van der Waals surface area contributed by atoms with E-state index in [2.05, 4.69) is 34.3 Å². The number of rotatable bonds is 6. The molecule has 0 fully saturated rings. The van der Waals surface area contributed by atoms with Crippen molar-refractivity contribution in [3.05, 3.63) is 17.7 Å². The van der Waals surface area contributed by atoms with Gasteiger partial charge in [0.25, 0.3) is 0 Å². The summed E-state index contributed by atoms with van der Waals surface area (Å²) in [5, 5.41) is 16.4. The Morgan fingerprint density at radius 3 is 3.06 bits per heavy atom. The van der Waals surface area contributed by atoms with Crippen LogP contribution in [0.3, 0.4) is 0 Å². The van der Waals surface area contributed by atoms with Crippen molar-refractivity contribution in [3.8, 4) is 0 Å². The van der Waals surface area contributed by atoms with E-state index < -0.39 is 0 Å². The summed E-state index contributed by atoms with van der Waals surface area (Å²) >= 11 is 6.62. The predicted octanol–water partition coefficient (Wildman–Crippen LogP) is 2.35. The molecule has 6 heteroatoms. The average molecular weight is 256 g/mol. The number of nitrogens with zero attached hydrogens (tertiary/aromatic N) is 2. The van der Waals surface area contributed by atoms with Gasteiger partial charge in [-0.2, -0.15) is 0 Å². The number of unbranched alkanes of at least 4 members (excludes halogenated alkanes) is 1. The van der Waals surface area contributed by atoms with Gasteiger partial charge in [0.2, 0.25) is 5.13 Å². The molecule has 16 heavy (non-hydrogen) atoms.